The number of para-hydroxylation sites is 1. The van der Waals surface area contributed by atoms with Crippen LogP contribution in [0.2, 0.25) is 0 Å². The quantitative estimate of drug-likeness (QED) is 0.879. The summed E-state index contributed by atoms with van der Waals surface area (Å²) in [6.45, 7) is 9.11. The van der Waals surface area contributed by atoms with Gasteiger partial charge in [0.2, 0.25) is 11.8 Å². The number of nitrogens with one attached hydrogen (secondary N) is 1. The molecule has 0 aliphatic rings. The van der Waals surface area contributed by atoms with Crippen LogP contribution >= 0.6 is 0 Å². The molecule has 1 N–H and O–H groups in total. The lowest BCUT2D eigenvalue weighted by Gasteiger charge is -2.16. The summed E-state index contributed by atoms with van der Waals surface area (Å²) in [7, 11) is 1.88. The van der Waals surface area contributed by atoms with Crippen LogP contribution in [-0.4, -0.2) is 29.4 Å². The number of amides is 1. The summed E-state index contributed by atoms with van der Waals surface area (Å²) >= 11 is 0. The van der Waals surface area contributed by atoms with E-state index in [0.717, 1.165) is 23.4 Å². The van der Waals surface area contributed by atoms with Crippen molar-refractivity contribution in [2.45, 2.75) is 46.1 Å². The Balaban J connectivity index is 1.91. The van der Waals surface area contributed by atoms with Gasteiger partial charge in [0, 0.05) is 11.1 Å². The van der Waals surface area contributed by atoms with Crippen molar-refractivity contribution in [3.63, 3.8) is 0 Å². The van der Waals surface area contributed by atoms with E-state index in [9.17, 15) is 4.79 Å². The van der Waals surface area contributed by atoms with Crippen LogP contribution in [0.5, 0.6) is 0 Å². The summed E-state index contributed by atoms with van der Waals surface area (Å²) < 4.78 is 5.77. The molecule has 1 aromatic heterocycles. The number of nitrogens with zero attached hydrogens (tertiary/aromatic N) is 2. The molecule has 2 aromatic rings. The summed E-state index contributed by atoms with van der Waals surface area (Å²) in [4.78, 5) is 18.4. The SMILES string of the molecule is CCc1ccccc1NC(=O)CN(C)Cc1ncc(C(C)(C)C)o1. The number of hydrogen-bond donors (Lipinski definition) is 1. The third-order valence-electron chi connectivity index (χ3n) is 3.78. The number of aryl methyl sites for hydroxylation is 1. The molecule has 0 saturated heterocycles. The summed E-state index contributed by atoms with van der Waals surface area (Å²) in [6, 6.07) is 7.87. The Kier molecular flexibility index (Phi) is 5.78. The summed E-state index contributed by atoms with van der Waals surface area (Å²) in [5.41, 5.74) is 1.95. The van der Waals surface area contributed by atoms with Crippen LogP contribution < -0.4 is 5.32 Å². The van der Waals surface area contributed by atoms with Gasteiger partial charge in [0.1, 0.15) is 5.76 Å². The Morgan fingerprint density at radius 3 is 2.62 bits per heavy atom. The summed E-state index contributed by atoms with van der Waals surface area (Å²) in [6.07, 6.45) is 2.65. The van der Waals surface area contributed by atoms with Crippen LogP contribution in [0.25, 0.3) is 0 Å². The lowest BCUT2D eigenvalue weighted by Crippen LogP contribution is -2.30. The van der Waals surface area contributed by atoms with E-state index in [1.165, 1.54) is 0 Å². The van der Waals surface area contributed by atoms with Crippen LogP contribution in [-0.2, 0) is 23.2 Å². The van der Waals surface area contributed by atoms with Crippen LogP contribution in [0.15, 0.2) is 34.9 Å². The topological polar surface area (TPSA) is 58.4 Å². The molecule has 0 unspecified atom stereocenters. The number of aromatic nitrogens is 1. The van der Waals surface area contributed by atoms with E-state index in [1.807, 2.05) is 36.2 Å². The Hall–Kier alpha value is -2.14. The van der Waals surface area contributed by atoms with E-state index < -0.39 is 0 Å². The van der Waals surface area contributed by atoms with Gasteiger partial charge in [-0.15, -0.1) is 0 Å². The van der Waals surface area contributed by atoms with Crippen molar-refractivity contribution < 1.29 is 9.21 Å². The first kappa shape index (κ1) is 18.2. The number of rotatable bonds is 6. The van der Waals surface area contributed by atoms with Crippen LogP contribution in [0.4, 0.5) is 5.69 Å². The van der Waals surface area contributed by atoms with Gasteiger partial charge in [-0.3, -0.25) is 9.69 Å². The molecule has 0 aliphatic carbocycles. The largest absolute Gasteiger partial charge is 0.444 e. The normalized spacial score (nSPS) is 11.8. The molecule has 0 atom stereocenters. The highest BCUT2D eigenvalue weighted by Crippen LogP contribution is 2.23. The minimum atomic E-state index is -0.0644. The molecule has 0 saturated carbocycles. The average molecular weight is 329 g/mol. The van der Waals surface area contributed by atoms with Gasteiger partial charge in [-0.25, -0.2) is 4.98 Å². The van der Waals surface area contributed by atoms with Crippen LogP contribution in [0.1, 0.15) is 44.9 Å². The van der Waals surface area contributed by atoms with Crippen LogP contribution in [0, 0.1) is 0 Å². The van der Waals surface area contributed by atoms with E-state index in [1.54, 1.807) is 6.20 Å². The van der Waals surface area contributed by atoms with Gasteiger partial charge in [0.25, 0.3) is 0 Å². The van der Waals surface area contributed by atoms with E-state index in [2.05, 4.69) is 38.0 Å². The second kappa shape index (κ2) is 7.62. The standard InChI is InChI=1S/C19H27N3O2/c1-6-14-9-7-8-10-15(14)21-17(23)12-22(5)13-18-20-11-16(24-18)19(2,3)4/h7-11H,6,12-13H2,1-5H3,(H,21,23). The first-order valence-corrected chi connectivity index (χ1v) is 8.31. The predicted molar refractivity (Wildman–Crippen MR) is 96.0 cm³/mol. The molecular weight excluding hydrogens is 302 g/mol. The van der Waals surface area contributed by atoms with Gasteiger partial charge in [0.05, 0.1) is 19.3 Å². The molecule has 5 heteroatoms. The molecule has 24 heavy (non-hydrogen) atoms. The zero-order chi connectivity index (χ0) is 17.7. The van der Waals surface area contributed by atoms with Gasteiger partial charge >= 0.3 is 0 Å². The van der Waals surface area contributed by atoms with Crippen LogP contribution in [0.3, 0.4) is 0 Å². The number of benzene rings is 1. The number of likely N-dealkylation sites (N-methyl/N-ethyl adjacent to an activating group) is 1. The van der Waals surface area contributed by atoms with Gasteiger partial charge < -0.3 is 9.73 Å². The Morgan fingerprint density at radius 2 is 2.00 bits per heavy atom. The lowest BCUT2D eigenvalue weighted by molar-refractivity contribution is -0.117. The number of anilines is 1. The minimum Gasteiger partial charge on any atom is -0.444 e. The highest BCUT2D eigenvalue weighted by molar-refractivity contribution is 5.92. The zero-order valence-electron chi connectivity index (χ0n) is 15.2. The minimum absolute atomic E-state index is 0.0407. The fourth-order valence-electron chi connectivity index (χ4n) is 2.40. The maximum Gasteiger partial charge on any atom is 0.238 e. The van der Waals surface area contributed by atoms with E-state index in [4.69, 9.17) is 4.42 Å². The molecule has 0 radical (unpaired) electrons. The monoisotopic (exact) mass is 329 g/mol. The molecule has 0 spiro atoms. The molecule has 1 amide bonds. The van der Waals surface area contributed by atoms with Crippen molar-refractivity contribution >= 4 is 11.6 Å². The highest BCUT2D eigenvalue weighted by Gasteiger charge is 2.20. The number of carbonyl (C=O) groups is 1. The van der Waals surface area contributed by atoms with Gasteiger partial charge in [0.15, 0.2) is 0 Å². The number of hydrogen-bond acceptors (Lipinski definition) is 4. The second-order valence-electron chi connectivity index (χ2n) is 7.10. The molecular formula is C19H27N3O2. The van der Waals surface area contributed by atoms with E-state index in [-0.39, 0.29) is 17.9 Å². The molecule has 1 heterocycles. The third kappa shape index (κ3) is 4.93. The summed E-state index contributed by atoms with van der Waals surface area (Å²) in [5.74, 6) is 1.44. The van der Waals surface area contributed by atoms with Crippen molar-refractivity contribution in [3.05, 3.63) is 47.7 Å². The predicted octanol–water partition coefficient (Wildman–Crippen LogP) is 3.61. The smallest absolute Gasteiger partial charge is 0.238 e. The van der Waals surface area contributed by atoms with Gasteiger partial charge in [-0.1, -0.05) is 45.9 Å². The fraction of sp³-hybridized carbons (Fsp3) is 0.474. The second-order valence-corrected chi connectivity index (χ2v) is 7.10. The van der Waals surface area contributed by atoms with Gasteiger partial charge in [-0.2, -0.15) is 0 Å². The van der Waals surface area contributed by atoms with Crippen molar-refractivity contribution in [1.82, 2.24) is 9.88 Å². The fourth-order valence-corrected chi connectivity index (χ4v) is 2.40. The Labute approximate surface area is 144 Å². The molecule has 2 rings (SSSR count). The van der Waals surface area contributed by atoms with Crippen molar-refractivity contribution in [2.24, 2.45) is 0 Å². The zero-order valence-corrected chi connectivity index (χ0v) is 15.2. The van der Waals surface area contributed by atoms with E-state index in [0.29, 0.717) is 12.4 Å². The Morgan fingerprint density at radius 1 is 1.29 bits per heavy atom. The lowest BCUT2D eigenvalue weighted by atomic mass is 9.94. The van der Waals surface area contributed by atoms with Crippen molar-refractivity contribution in [3.8, 4) is 0 Å². The highest BCUT2D eigenvalue weighted by atomic mass is 16.4. The number of oxazole rings is 1. The first-order chi connectivity index (χ1) is 11.3. The third-order valence-corrected chi connectivity index (χ3v) is 3.78. The van der Waals surface area contributed by atoms with Gasteiger partial charge in [-0.05, 0) is 25.1 Å². The van der Waals surface area contributed by atoms with Crippen molar-refractivity contribution in [2.75, 3.05) is 18.9 Å². The molecule has 0 aliphatic heterocycles. The van der Waals surface area contributed by atoms with Crippen molar-refractivity contribution in [1.29, 1.82) is 0 Å². The maximum atomic E-state index is 12.2. The summed E-state index contributed by atoms with van der Waals surface area (Å²) in [5, 5.41) is 2.98. The molecule has 1 aromatic carbocycles. The molecule has 0 bridgehead atoms. The van der Waals surface area contributed by atoms with E-state index >= 15 is 0 Å². The average Bonchev–Trinajstić information content (AvgIpc) is 2.96. The first-order valence-electron chi connectivity index (χ1n) is 8.31. The molecule has 130 valence electrons. The Bertz CT molecular complexity index is 686. The molecule has 5 nitrogen and oxygen atoms in total. The number of carbonyl (C=O) groups excluding carboxylic acids is 1. The maximum absolute atomic E-state index is 12.2. The molecule has 0 fully saturated rings.